The molecule has 15 nitrogen and oxygen atoms in total. The van der Waals surface area contributed by atoms with E-state index in [0.717, 1.165) is 0 Å². The van der Waals surface area contributed by atoms with Crippen LogP contribution >= 0.6 is 0 Å². The largest absolute Gasteiger partial charge is 0.508 e. The molecule has 224 valence electrons. The van der Waals surface area contributed by atoms with Gasteiger partial charge in [-0.2, -0.15) is 0 Å². The first-order chi connectivity index (χ1) is 19.5. The first-order valence-electron chi connectivity index (χ1n) is 13.1. The summed E-state index contributed by atoms with van der Waals surface area (Å²) in [5.74, 6) is -4.18. The maximum atomic E-state index is 13.2. The van der Waals surface area contributed by atoms with Crippen LogP contribution in [0.5, 0.6) is 5.75 Å². The Morgan fingerprint density at radius 2 is 1.49 bits per heavy atom. The van der Waals surface area contributed by atoms with E-state index < -0.39 is 53.8 Å². The van der Waals surface area contributed by atoms with Crippen LogP contribution in [0.15, 0.2) is 36.8 Å². The van der Waals surface area contributed by atoms with Crippen molar-refractivity contribution in [2.75, 3.05) is 6.54 Å². The molecule has 0 bridgehead atoms. The molecule has 0 aliphatic rings. The van der Waals surface area contributed by atoms with Gasteiger partial charge in [0.05, 0.1) is 12.4 Å². The van der Waals surface area contributed by atoms with E-state index in [0.29, 0.717) is 30.6 Å². The Bertz CT molecular complexity index is 1160. The number of aromatic nitrogens is 2. The number of carboxylic acids is 1. The molecule has 15 heteroatoms. The minimum Gasteiger partial charge on any atom is -0.508 e. The molecule has 0 aliphatic heterocycles. The first kappa shape index (κ1) is 32.7. The van der Waals surface area contributed by atoms with Crippen LogP contribution in [0.3, 0.4) is 0 Å². The molecule has 0 fully saturated rings. The highest BCUT2D eigenvalue weighted by atomic mass is 16.4. The van der Waals surface area contributed by atoms with E-state index in [-0.39, 0.29) is 37.9 Å². The third-order valence-corrected chi connectivity index (χ3v) is 6.21. The highest BCUT2D eigenvalue weighted by Gasteiger charge is 2.30. The molecule has 2 aromatic rings. The summed E-state index contributed by atoms with van der Waals surface area (Å²) in [5.41, 5.74) is 17.9. The SMILES string of the molecule is NCCCCC(NC(=O)C(CCC(N)=O)NC(=O)C(N)Cc1cnc[nH]1)C(=O)NC(Cc1ccc(O)cc1)C(=O)O. The van der Waals surface area contributed by atoms with E-state index in [1.165, 1.54) is 36.8 Å². The van der Waals surface area contributed by atoms with Crippen LogP contribution in [0.2, 0.25) is 0 Å². The molecule has 4 atom stereocenters. The average molecular weight is 575 g/mol. The van der Waals surface area contributed by atoms with Crippen molar-refractivity contribution in [3.05, 3.63) is 48.0 Å². The van der Waals surface area contributed by atoms with E-state index in [1.54, 1.807) is 0 Å². The Kier molecular flexibility index (Phi) is 13.2. The third-order valence-electron chi connectivity index (χ3n) is 6.21. The number of nitrogens with two attached hydrogens (primary N) is 3. The number of aromatic amines is 1. The number of carbonyl (C=O) groups excluding carboxylic acids is 4. The number of hydrogen-bond donors (Lipinski definition) is 9. The van der Waals surface area contributed by atoms with Gasteiger partial charge in [-0.1, -0.05) is 12.1 Å². The van der Waals surface area contributed by atoms with Crippen LogP contribution in [-0.4, -0.2) is 80.5 Å². The highest BCUT2D eigenvalue weighted by molar-refractivity contribution is 5.94. The molecule has 1 aromatic heterocycles. The standard InChI is InChI=1S/C26H38N8O7/c27-10-2-1-3-19(24(38)34-21(26(40)41)11-15-4-6-17(35)7-5-15)33-25(39)20(8-9-22(29)36)32-23(37)18(28)12-16-13-30-14-31-16/h4-7,13-14,18-21,35H,1-3,8-12,27-28H2,(H2,29,36)(H,30,31)(H,32,37)(H,33,39)(H,34,38)(H,40,41). The smallest absolute Gasteiger partial charge is 0.326 e. The van der Waals surface area contributed by atoms with Crippen molar-refractivity contribution in [3.8, 4) is 5.75 Å². The van der Waals surface area contributed by atoms with Gasteiger partial charge in [0.2, 0.25) is 23.6 Å². The van der Waals surface area contributed by atoms with Gasteiger partial charge in [0.1, 0.15) is 23.9 Å². The number of phenolic OH excluding ortho intramolecular Hbond substituents is 1. The number of rotatable bonds is 18. The van der Waals surface area contributed by atoms with Gasteiger partial charge in [-0.05, 0) is 49.9 Å². The van der Waals surface area contributed by atoms with Gasteiger partial charge in [0.25, 0.3) is 0 Å². The summed E-state index contributed by atoms with van der Waals surface area (Å²) >= 11 is 0. The number of aromatic hydroxyl groups is 1. The quantitative estimate of drug-likeness (QED) is 0.0897. The zero-order valence-corrected chi connectivity index (χ0v) is 22.5. The number of primary amides is 1. The number of phenols is 1. The predicted molar refractivity (Wildman–Crippen MR) is 147 cm³/mol. The van der Waals surface area contributed by atoms with Crippen molar-refractivity contribution in [1.29, 1.82) is 0 Å². The van der Waals surface area contributed by atoms with Crippen molar-refractivity contribution < 1.29 is 34.2 Å². The van der Waals surface area contributed by atoms with Gasteiger partial charge in [-0.25, -0.2) is 9.78 Å². The van der Waals surface area contributed by atoms with Gasteiger partial charge in [0, 0.05) is 31.2 Å². The van der Waals surface area contributed by atoms with Crippen LogP contribution in [-0.2, 0) is 36.8 Å². The lowest BCUT2D eigenvalue weighted by molar-refractivity contribution is -0.142. The maximum absolute atomic E-state index is 13.2. The number of carboxylic acid groups (broad SMARTS) is 1. The molecule has 1 heterocycles. The molecule has 0 radical (unpaired) electrons. The van der Waals surface area contributed by atoms with Crippen LogP contribution in [0.1, 0.15) is 43.4 Å². The number of aliphatic carboxylic acids is 1. The topological polar surface area (TPSA) is 269 Å². The second-order valence-electron chi connectivity index (χ2n) is 9.57. The van der Waals surface area contributed by atoms with E-state index in [1.807, 2.05) is 0 Å². The molecule has 4 amide bonds. The summed E-state index contributed by atoms with van der Waals surface area (Å²) in [5, 5.41) is 26.7. The molecule has 0 spiro atoms. The second kappa shape index (κ2) is 16.6. The van der Waals surface area contributed by atoms with E-state index in [2.05, 4.69) is 25.9 Å². The minimum absolute atomic E-state index is 0.00702. The number of H-pyrrole nitrogens is 1. The first-order valence-corrected chi connectivity index (χ1v) is 13.1. The molecule has 2 rings (SSSR count). The number of unbranched alkanes of at least 4 members (excludes halogenated alkanes) is 1. The molecule has 0 saturated heterocycles. The number of imidazole rings is 1. The minimum atomic E-state index is -1.33. The molecule has 0 saturated carbocycles. The zero-order chi connectivity index (χ0) is 30.4. The second-order valence-corrected chi connectivity index (χ2v) is 9.57. The van der Waals surface area contributed by atoms with Crippen molar-refractivity contribution in [2.24, 2.45) is 17.2 Å². The number of amides is 4. The van der Waals surface area contributed by atoms with Crippen molar-refractivity contribution in [3.63, 3.8) is 0 Å². The lowest BCUT2D eigenvalue weighted by Crippen LogP contribution is -2.57. The Labute approximate surface area is 236 Å². The summed E-state index contributed by atoms with van der Waals surface area (Å²) in [4.78, 5) is 69.1. The summed E-state index contributed by atoms with van der Waals surface area (Å²) in [6.07, 6.45) is 3.70. The Morgan fingerprint density at radius 1 is 0.878 bits per heavy atom. The Balaban J connectivity index is 2.15. The van der Waals surface area contributed by atoms with Crippen LogP contribution < -0.4 is 33.2 Å². The molecule has 1 aromatic carbocycles. The van der Waals surface area contributed by atoms with Crippen LogP contribution in [0.4, 0.5) is 0 Å². The number of benzene rings is 1. The average Bonchev–Trinajstić information content (AvgIpc) is 3.43. The maximum Gasteiger partial charge on any atom is 0.326 e. The van der Waals surface area contributed by atoms with Crippen LogP contribution in [0, 0.1) is 0 Å². The summed E-state index contributed by atoms with van der Waals surface area (Å²) < 4.78 is 0. The van der Waals surface area contributed by atoms with Gasteiger partial charge < -0.3 is 48.3 Å². The van der Waals surface area contributed by atoms with Crippen molar-refractivity contribution >= 4 is 29.6 Å². The Morgan fingerprint density at radius 3 is 2.05 bits per heavy atom. The molecule has 41 heavy (non-hydrogen) atoms. The number of hydrogen-bond acceptors (Lipinski definition) is 9. The summed E-state index contributed by atoms with van der Waals surface area (Å²) in [6, 6.07) is 1.07. The normalized spacial score (nSPS) is 13.8. The fraction of sp³-hybridized carbons (Fsp3) is 0.462. The number of carbonyl (C=O) groups is 5. The lowest BCUT2D eigenvalue weighted by atomic mass is 10.0. The molecule has 0 aliphatic carbocycles. The summed E-state index contributed by atoms with van der Waals surface area (Å²) in [7, 11) is 0. The zero-order valence-electron chi connectivity index (χ0n) is 22.5. The van der Waals surface area contributed by atoms with Crippen LogP contribution in [0.25, 0.3) is 0 Å². The van der Waals surface area contributed by atoms with Gasteiger partial charge in [0.15, 0.2) is 0 Å². The molecular formula is C26H38N8O7. The van der Waals surface area contributed by atoms with Gasteiger partial charge >= 0.3 is 5.97 Å². The number of nitrogens with zero attached hydrogens (tertiary/aromatic N) is 1. The Hall–Kier alpha value is -4.50. The fourth-order valence-corrected chi connectivity index (χ4v) is 3.93. The van der Waals surface area contributed by atoms with Gasteiger partial charge in [-0.15, -0.1) is 0 Å². The molecular weight excluding hydrogens is 536 g/mol. The fourth-order valence-electron chi connectivity index (χ4n) is 3.93. The van der Waals surface area contributed by atoms with Gasteiger partial charge in [-0.3, -0.25) is 19.2 Å². The monoisotopic (exact) mass is 574 g/mol. The predicted octanol–water partition coefficient (Wildman–Crippen LogP) is -1.84. The van der Waals surface area contributed by atoms with Crippen molar-refractivity contribution in [2.45, 2.75) is 69.1 Å². The van der Waals surface area contributed by atoms with E-state index in [4.69, 9.17) is 17.2 Å². The van der Waals surface area contributed by atoms with E-state index in [9.17, 15) is 34.2 Å². The third kappa shape index (κ3) is 11.6. The summed E-state index contributed by atoms with van der Waals surface area (Å²) in [6.45, 7) is 0.340. The molecule has 12 N–H and O–H groups in total. The lowest BCUT2D eigenvalue weighted by Gasteiger charge is -2.25. The van der Waals surface area contributed by atoms with E-state index >= 15 is 0 Å². The van der Waals surface area contributed by atoms with Crippen molar-refractivity contribution in [1.82, 2.24) is 25.9 Å². The highest BCUT2D eigenvalue weighted by Crippen LogP contribution is 2.12. The molecule has 4 unspecified atom stereocenters. The number of nitrogens with one attached hydrogen (secondary N) is 4.